The number of pyridine rings is 1. The zero-order valence-electron chi connectivity index (χ0n) is 15.0. The van der Waals surface area contributed by atoms with Crippen LogP contribution in [-0.2, 0) is 14.8 Å². The second-order valence-corrected chi connectivity index (χ2v) is 9.11. The second kappa shape index (κ2) is 7.13. The topological polar surface area (TPSA) is 80.0 Å². The van der Waals surface area contributed by atoms with E-state index >= 15 is 0 Å². The molecule has 0 saturated carbocycles. The quantitative estimate of drug-likeness (QED) is 0.791. The molecule has 0 aliphatic carbocycles. The van der Waals surface area contributed by atoms with Crippen LogP contribution in [0.5, 0.6) is 0 Å². The third-order valence-electron chi connectivity index (χ3n) is 5.22. The number of anilines is 1. The summed E-state index contributed by atoms with van der Waals surface area (Å²) >= 11 is 0. The van der Waals surface area contributed by atoms with Crippen LogP contribution in [0, 0.1) is 0 Å². The predicted molar refractivity (Wildman–Crippen MR) is 99.0 cm³/mol. The Morgan fingerprint density at radius 3 is 2.81 bits per heavy atom. The maximum absolute atomic E-state index is 12.2. The van der Waals surface area contributed by atoms with Crippen LogP contribution in [-0.4, -0.2) is 72.5 Å². The normalized spacial score (nSPS) is 22.8. The summed E-state index contributed by atoms with van der Waals surface area (Å²) in [6.45, 7) is 5.99. The van der Waals surface area contributed by atoms with Crippen LogP contribution >= 0.6 is 0 Å². The molecule has 9 heteroatoms. The van der Waals surface area contributed by atoms with Gasteiger partial charge in [-0.25, -0.2) is 22.2 Å². The monoisotopic (exact) mass is 379 g/mol. The van der Waals surface area contributed by atoms with Crippen molar-refractivity contribution in [3.8, 4) is 0 Å². The van der Waals surface area contributed by atoms with Crippen molar-refractivity contribution < 1.29 is 13.2 Å². The summed E-state index contributed by atoms with van der Waals surface area (Å²) in [4.78, 5) is 6.93. The van der Waals surface area contributed by atoms with E-state index < -0.39 is 10.0 Å². The maximum Gasteiger partial charge on any atom is 0.213 e. The van der Waals surface area contributed by atoms with Gasteiger partial charge in [0.15, 0.2) is 11.5 Å². The number of rotatable bonds is 4. The second-order valence-electron chi connectivity index (χ2n) is 6.86. The first-order chi connectivity index (χ1) is 12.6. The number of ether oxygens (including phenoxy) is 1. The molecule has 2 aliphatic heterocycles. The maximum atomic E-state index is 12.2. The third kappa shape index (κ3) is 3.43. The van der Waals surface area contributed by atoms with Crippen molar-refractivity contribution in [3.63, 3.8) is 0 Å². The van der Waals surface area contributed by atoms with E-state index in [0.29, 0.717) is 13.1 Å². The summed E-state index contributed by atoms with van der Waals surface area (Å²) in [6.07, 6.45) is 3.77. The van der Waals surface area contributed by atoms with Crippen molar-refractivity contribution in [1.29, 1.82) is 0 Å². The molecule has 0 spiro atoms. The van der Waals surface area contributed by atoms with Crippen LogP contribution in [0.2, 0.25) is 0 Å². The Hall–Kier alpha value is -1.71. The molecule has 1 atom stereocenters. The molecule has 0 aromatic carbocycles. The van der Waals surface area contributed by atoms with Crippen molar-refractivity contribution in [1.82, 2.24) is 18.9 Å². The van der Waals surface area contributed by atoms with Gasteiger partial charge in [-0.3, -0.25) is 0 Å². The van der Waals surface area contributed by atoms with E-state index in [2.05, 4.69) is 21.0 Å². The Morgan fingerprint density at radius 1 is 1.23 bits per heavy atom. The van der Waals surface area contributed by atoms with Crippen molar-refractivity contribution in [2.45, 2.75) is 25.7 Å². The van der Waals surface area contributed by atoms with E-state index in [0.717, 1.165) is 56.3 Å². The molecule has 2 saturated heterocycles. The largest absolute Gasteiger partial charge is 0.378 e. The molecule has 0 bridgehead atoms. The lowest BCUT2D eigenvalue weighted by Gasteiger charge is -2.30. The summed E-state index contributed by atoms with van der Waals surface area (Å²) in [7, 11) is -3.16. The molecule has 142 valence electrons. The number of hydrogen-bond acceptors (Lipinski definition) is 6. The zero-order valence-corrected chi connectivity index (χ0v) is 15.9. The highest BCUT2D eigenvalue weighted by atomic mass is 32.2. The molecule has 2 aromatic rings. The van der Waals surface area contributed by atoms with Gasteiger partial charge in [-0.05, 0) is 31.9 Å². The highest BCUT2D eigenvalue weighted by Crippen LogP contribution is 2.27. The van der Waals surface area contributed by atoms with E-state index in [1.165, 1.54) is 0 Å². The molecular formula is C17H25N5O3S. The molecule has 4 rings (SSSR count). The average Bonchev–Trinajstić information content (AvgIpc) is 3.12. The van der Waals surface area contributed by atoms with Gasteiger partial charge in [-0.2, -0.15) is 5.10 Å². The molecule has 0 N–H and O–H groups in total. The van der Waals surface area contributed by atoms with Gasteiger partial charge in [-0.15, -0.1) is 0 Å². The van der Waals surface area contributed by atoms with Crippen LogP contribution in [0.3, 0.4) is 0 Å². The minimum atomic E-state index is -3.16. The fourth-order valence-corrected chi connectivity index (χ4v) is 4.84. The van der Waals surface area contributed by atoms with Gasteiger partial charge < -0.3 is 9.64 Å². The third-order valence-corrected chi connectivity index (χ3v) is 7.06. The Labute approximate surface area is 153 Å². The number of aromatic nitrogens is 3. The van der Waals surface area contributed by atoms with E-state index in [-0.39, 0.29) is 11.7 Å². The number of fused-ring (bicyclic) bond motifs is 1. The minimum absolute atomic E-state index is 0.0526. The van der Waals surface area contributed by atoms with Crippen LogP contribution in [0.15, 0.2) is 18.3 Å². The van der Waals surface area contributed by atoms with Crippen molar-refractivity contribution in [2.24, 2.45) is 0 Å². The average molecular weight is 379 g/mol. The first-order valence-corrected chi connectivity index (χ1v) is 10.8. The fourth-order valence-electron chi connectivity index (χ4n) is 3.66. The van der Waals surface area contributed by atoms with E-state index in [1.807, 2.05) is 16.8 Å². The lowest BCUT2D eigenvalue weighted by atomic mass is 9.99. The number of hydrogen-bond donors (Lipinski definition) is 0. The Balaban J connectivity index is 1.57. The van der Waals surface area contributed by atoms with Gasteiger partial charge in [-0.1, -0.05) is 0 Å². The first-order valence-electron chi connectivity index (χ1n) is 9.23. The molecular weight excluding hydrogens is 354 g/mol. The molecule has 2 aliphatic rings. The molecule has 0 radical (unpaired) electrons. The van der Waals surface area contributed by atoms with Crippen LogP contribution in [0.4, 0.5) is 5.69 Å². The van der Waals surface area contributed by atoms with Gasteiger partial charge in [0.25, 0.3) is 0 Å². The van der Waals surface area contributed by atoms with Crippen molar-refractivity contribution in [3.05, 3.63) is 24.2 Å². The molecule has 1 unspecified atom stereocenters. The van der Waals surface area contributed by atoms with Gasteiger partial charge in [0.1, 0.15) is 0 Å². The number of morpholine rings is 1. The summed E-state index contributed by atoms with van der Waals surface area (Å²) in [5, 5.41) is 4.66. The van der Waals surface area contributed by atoms with E-state index in [4.69, 9.17) is 4.74 Å². The van der Waals surface area contributed by atoms with E-state index in [1.54, 1.807) is 11.2 Å². The summed E-state index contributed by atoms with van der Waals surface area (Å²) in [5.41, 5.74) is 1.91. The summed E-state index contributed by atoms with van der Waals surface area (Å²) in [6, 6.07) is 4.04. The minimum Gasteiger partial charge on any atom is -0.378 e. The number of piperidine rings is 1. The SMILES string of the molecule is CCS(=O)(=O)N1CCCC(c2nc3ccc(N4CCOCC4)cn3n2)C1. The molecule has 8 nitrogen and oxygen atoms in total. The molecule has 4 heterocycles. The Morgan fingerprint density at radius 2 is 2.04 bits per heavy atom. The smallest absolute Gasteiger partial charge is 0.213 e. The highest BCUT2D eigenvalue weighted by Gasteiger charge is 2.30. The summed E-state index contributed by atoms with van der Waals surface area (Å²) < 4.78 is 33.2. The number of nitrogens with zero attached hydrogens (tertiary/aromatic N) is 5. The Bertz CT molecular complexity index is 876. The van der Waals surface area contributed by atoms with Crippen molar-refractivity contribution >= 4 is 21.4 Å². The van der Waals surface area contributed by atoms with Crippen LogP contribution in [0.1, 0.15) is 31.5 Å². The molecule has 2 fully saturated rings. The van der Waals surface area contributed by atoms with Crippen LogP contribution in [0.25, 0.3) is 5.65 Å². The number of sulfonamides is 1. The summed E-state index contributed by atoms with van der Waals surface area (Å²) in [5.74, 6) is 0.929. The molecule has 2 aromatic heterocycles. The lowest BCUT2D eigenvalue weighted by molar-refractivity contribution is 0.122. The first kappa shape index (κ1) is 17.7. The van der Waals surface area contributed by atoms with Crippen molar-refractivity contribution in [2.75, 3.05) is 50.0 Å². The Kier molecular flexibility index (Phi) is 4.85. The molecule has 26 heavy (non-hydrogen) atoms. The zero-order chi connectivity index (χ0) is 18.1. The van der Waals surface area contributed by atoms with Gasteiger partial charge in [0, 0.05) is 32.1 Å². The van der Waals surface area contributed by atoms with Gasteiger partial charge in [0.2, 0.25) is 10.0 Å². The van der Waals surface area contributed by atoms with Crippen LogP contribution < -0.4 is 4.90 Å². The predicted octanol–water partition coefficient (Wildman–Crippen LogP) is 1.09. The van der Waals surface area contributed by atoms with E-state index in [9.17, 15) is 8.42 Å². The van der Waals surface area contributed by atoms with Gasteiger partial charge >= 0.3 is 0 Å². The lowest BCUT2D eigenvalue weighted by Crippen LogP contribution is -2.40. The standard InChI is InChI=1S/C17H25N5O3S/c1-2-26(23,24)21-7-3-4-14(12-21)17-18-16-6-5-15(13-22(16)19-17)20-8-10-25-11-9-20/h5-6,13-14H,2-4,7-12H2,1H3. The van der Waals surface area contributed by atoms with Gasteiger partial charge in [0.05, 0.1) is 30.9 Å². The fraction of sp³-hybridized carbons (Fsp3) is 0.647. The molecule has 0 amide bonds. The highest BCUT2D eigenvalue weighted by molar-refractivity contribution is 7.89.